The molecule has 66 valence electrons. The third-order valence-electron chi connectivity index (χ3n) is 1.81. The number of rotatable bonds is 1. The van der Waals surface area contributed by atoms with Gasteiger partial charge in [0.15, 0.2) is 5.78 Å². The molecule has 0 spiro atoms. The Hall–Kier alpha value is -1.22. The largest absolute Gasteiger partial charge is 0.360 e. The molecular weight excluding hydrogens is 182 g/mol. The van der Waals surface area contributed by atoms with Crippen molar-refractivity contribution in [3.05, 3.63) is 35.4 Å². The summed E-state index contributed by atoms with van der Waals surface area (Å²) in [5.41, 5.74) is 1.07. The van der Waals surface area contributed by atoms with E-state index < -0.39 is 0 Å². The smallest absolute Gasteiger partial charge is 0.167 e. The van der Waals surface area contributed by atoms with Crippen LogP contribution in [0.2, 0.25) is 0 Å². The summed E-state index contributed by atoms with van der Waals surface area (Å²) in [6, 6.07) is 7.94. The van der Waals surface area contributed by atoms with Gasteiger partial charge in [-0.3, -0.25) is 4.79 Å². The van der Waals surface area contributed by atoms with Gasteiger partial charge in [-0.2, -0.15) is 0 Å². The first-order valence-electron chi connectivity index (χ1n) is 4.02. The Balaban J connectivity index is 2.33. The van der Waals surface area contributed by atoms with Gasteiger partial charge in [-0.05, 0) is 19.1 Å². The molecule has 0 radical (unpaired) electrons. The number of fused-ring (bicyclic) bond motifs is 1. The molecule has 0 fully saturated rings. The zero-order chi connectivity index (χ0) is 9.26. The zero-order valence-electron chi connectivity index (χ0n) is 7.20. The highest BCUT2D eigenvalue weighted by Gasteiger charge is 2.13. The molecule has 0 amide bonds. The summed E-state index contributed by atoms with van der Waals surface area (Å²) in [5, 5.41) is 3.09. The van der Waals surface area contributed by atoms with Gasteiger partial charge < -0.3 is 5.32 Å². The molecule has 1 aliphatic heterocycles. The lowest BCUT2D eigenvalue weighted by atomic mass is 10.3. The van der Waals surface area contributed by atoms with Crippen LogP contribution in [-0.2, 0) is 4.79 Å². The van der Waals surface area contributed by atoms with Gasteiger partial charge in [-0.1, -0.05) is 23.9 Å². The Morgan fingerprint density at radius 3 is 2.92 bits per heavy atom. The van der Waals surface area contributed by atoms with Crippen LogP contribution in [0.4, 0.5) is 5.69 Å². The van der Waals surface area contributed by atoms with Crippen molar-refractivity contribution in [2.24, 2.45) is 0 Å². The summed E-state index contributed by atoms with van der Waals surface area (Å²) < 4.78 is 0. The summed E-state index contributed by atoms with van der Waals surface area (Å²) in [4.78, 5) is 12.9. The first-order valence-corrected chi connectivity index (χ1v) is 4.83. The number of benzene rings is 1. The fourth-order valence-corrected chi connectivity index (χ4v) is 2.02. The van der Waals surface area contributed by atoms with Crippen molar-refractivity contribution in [3.63, 3.8) is 0 Å². The van der Waals surface area contributed by atoms with E-state index in [9.17, 15) is 4.79 Å². The molecule has 1 aromatic carbocycles. The first-order chi connectivity index (χ1) is 6.27. The second-order valence-corrected chi connectivity index (χ2v) is 3.89. The van der Waals surface area contributed by atoms with E-state index in [0.29, 0.717) is 0 Å². The van der Waals surface area contributed by atoms with E-state index in [2.05, 4.69) is 5.32 Å². The monoisotopic (exact) mass is 191 g/mol. The third-order valence-corrected chi connectivity index (χ3v) is 3.01. The molecule has 1 aromatic rings. The summed E-state index contributed by atoms with van der Waals surface area (Å²) >= 11 is 1.51. The Labute approximate surface area is 81.0 Å². The van der Waals surface area contributed by atoms with Crippen molar-refractivity contribution in [1.29, 1.82) is 0 Å². The van der Waals surface area contributed by atoms with Gasteiger partial charge in [0.2, 0.25) is 0 Å². The summed E-state index contributed by atoms with van der Waals surface area (Å²) in [6.07, 6.45) is 1.76. The van der Waals surface area contributed by atoms with Crippen molar-refractivity contribution in [3.8, 4) is 0 Å². The van der Waals surface area contributed by atoms with Crippen LogP contribution in [0.5, 0.6) is 0 Å². The topological polar surface area (TPSA) is 29.1 Å². The molecular formula is C10H9NOS. The minimum atomic E-state index is 0.104. The summed E-state index contributed by atoms with van der Waals surface area (Å²) in [5.74, 6) is 0.104. The van der Waals surface area contributed by atoms with E-state index in [4.69, 9.17) is 0 Å². The molecule has 0 aliphatic carbocycles. The van der Waals surface area contributed by atoms with Gasteiger partial charge in [0.1, 0.15) is 0 Å². The van der Waals surface area contributed by atoms with E-state index in [1.807, 2.05) is 24.3 Å². The number of ketones is 1. The van der Waals surface area contributed by atoms with Crippen LogP contribution in [0, 0.1) is 0 Å². The van der Waals surface area contributed by atoms with Crippen LogP contribution in [0.1, 0.15) is 6.92 Å². The maximum Gasteiger partial charge on any atom is 0.167 e. The van der Waals surface area contributed by atoms with Crippen LogP contribution in [0.3, 0.4) is 0 Å². The average Bonchev–Trinajstić information content (AvgIpc) is 2.17. The van der Waals surface area contributed by atoms with E-state index in [0.717, 1.165) is 15.5 Å². The van der Waals surface area contributed by atoms with Crippen LogP contribution < -0.4 is 5.32 Å². The Morgan fingerprint density at radius 2 is 2.15 bits per heavy atom. The molecule has 0 aromatic heterocycles. The highest BCUT2D eigenvalue weighted by molar-refractivity contribution is 8.04. The molecule has 2 nitrogen and oxygen atoms in total. The number of carbonyl (C=O) groups excluding carboxylic acids is 1. The first kappa shape index (κ1) is 8.38. The number of para-hydroxylation sites is 1. The van der Waals surface area contributed by atoms with Gasteiger partial charge >= 0.3 is 0 Å². The summed E-state index contributed by atoms with van der Waals surface area (Å²) in [7, 11) is 0. The quantitative estimate of drug-likeness (QED) is 0.739. The molecule has 2 rings (SSSR count). The average molecular weight is 191 g/mol. The molecule has 1 N–H and O–H groups in total. The van der Waals surface area contributed by atoms with Crippen molar-refractivity contribution in [2.75, 3.05) is 5.32 Å². The predicted octanol–water partition coefficient (Wildman–Crippen LogP) is 2.63. The molecule has 0 bridgehead atoms. The SMILES string of the molecule is CC(=O)C1=CNc2ccccc2S1. The van der Waals surface area contributed by atoms with Crippen molar-refractivity contribution in [1.82, 2.24) is 0 Å². The zero-order valence-corrected chi connectivity index (χ0v) is 8.02. The Bertz CT molecular complexity index is 384. The van der Waals surface area contributed by atoms with Gasteiger partial charge in [-0.15, -0.1) is 0 Å². The second-order valence-electron chi connectivity index (χ2n) is 2.81. The number of carbonyl (C=O) groups is 1. The third kappa shape index (κ3) is 1.60. The fraction of sp³-hybridized carbons (Fsp3) is 0.100. The van der Waals surface area contributed by atoms with E-state index in [-0.39, 0.29) is 5.78 Å². The van der Waals surface area contributed by atoms with Crippen LogP contribution in [0.15, 0.2) is 40.3 Å². The maximum atomic E-state index is 11.1. The normalized spacial score (nSPS) is 14.1. The molecule has 0 unspecified atom stereocenters. The minimum Gasteiger partial charge on any atom is -0.360 e. The number of hydrogen-bond donors (Lipinski definition) is 1. The fourth-order valence-electron chi connectivity index (χ4n) is 1.14. The van der Waals surface area contributed by atoms with Gasteiger partial charge in [-0.25, -0.2) is 0 Å². The van der Waals surface area contributed by atoms with Crippen molar-refractivity contribution >= 4 is 23.2 Å². The lowest BCUT2D eigenvalue weighted by Crippen LogP contribution is -2.02. The second kappa shape index (κ2) is 3.26. The van der Waals surface area contributed by atoms with E-state index in [1.54, 1.807) is 13.1 Å². The highest BCUT2D eigenvalue weighted by Crippen LogP contribution is 2.36. The number of allylic oxidation sites excluding steroid dienone is 1. The molecule has 0 saturated carbocycles. The predicted molar refractivity (Wildman–Crippen MR) is 54.7 cm³/mol. The summed E-state index contributed by atoms with van der Waals surface area (Å²) in [6.45, 7) is 1.58. The number of anilines is 1. The van der Waals surface area contributed by atoms with Crippen LogP contribution in [0.25, 0.3) is 0 Å². The highest BCUT2D eigenvalue weighted by atomic mass is 32.2. The minimum absolute atomic E-state index is 0.104. The number of nitrogens with one attached hydrogen (secondary N) is 1. The maximum absolute atomic E-state index is 11.1. The van der Waals surface area contributed by atoms with Gasteiger partial charge in [0.05, 0.1) is 10.6 Å². The molecule has 13 heavy (non-hydrogen) atoms. The van der Waals surface area contributed by atoms with Crippen molar-refractivity contribution in [2.45, 2.75) is 11.8 Å². The lowest BCUT2D eigenvalue weighted by molar-refractivity contribution is -0.112. The molecule has 1 heterocycles. The number of thioether (sulfide) groups is 1. The Morgan fingerprint density at radius 1 is 1.38 bits per heavy atom. The van der Waals surface area contributed by atoms with Crippen LogP contribution in [-0.4, -0.2) is 5.78 Å². The number of Topliss-reactive ketones (excluding diaryl/α,β-unsaturated/α-hetero) is 1. The number of hydrogen-bond acceptors (Lipinski definition) is 3. The standard InChI is InChI=1S/C10H9NOS/c1-7(12)10-6-11-8-4-2-3-5-9(8)13-10/h2-6,11H,1H3. The van der Waals surface area contributed by atoms with Gasteiger partial charge in [0, 0.05) is 11.1 Å². The van der Waals surface area contributed by atoms with Crippen LogP contribution >= 0.6 is 11.8 Å². The van der Waals surface area contributed by atoms with Crippen molar-refractivity contribution < 1.29 is 4.79 Å². The molecule has 0 saturated heterocycles. The molecule has 0 atom stereocenters. The van der Waals surface area contributed by atoms with Gasteiger partial charge in [0.25, 0.3) is 0 Å². The molecule has 3 heteroatoms. The Kier molecular flexibility index (Phi) is 2.10. The van der Waals surface area contributed by atoms with E-state index in [1.165, 1.54) is 11.8 Å². The lowest BCUT2D eigenvalue weighted by Gasteiger charge is -2.15. The molecule has 1 aliphatic rings. The van der Waals surface area contributed by atoms with E-state index >= 15 is 0 Å².